The van der Waals surface area contributed by atoms with Gasteiger partial charge in [-0.15, -0.1) is 0 Å². The van der Waals surface area contributed by atoms with Crippen molar-refractivity contribution in [2.75, 3.05) is 7.11 Å². The van der Waals surface area contributed by atoms with E-state index in [0.717, 1.165) is 5.56 Å². The molecule has 0 aliphatic carbocycles. The Kier molecular flexibility index (Phi) is 3.47. The molecule has 0 aliphatic heterocycles. The molecule has 1 aromatic carbocycles. The Hall–Kier alpha value is -1.09. The Morgan fingerprint density at radius 3 is 2.79 bits per heavy atom. The van der Waals surface area contributed by atoms with E-state index in [0.29, 0.717) is 5.56 Å². The van der Waals surface area contributed by atoms with Crippen molar-refractivity contribution in [2.24, 2.45) is 0 Å². The molecular formula is C10H10ClFO2. The second-order valence-corrected chi connectivity index (χ2v) is 3.35. The van der Waals surface area contributed by atoms with Crippen LogP contribution >= 0.6 is 11.6 Å². The van der Waals surface area contributed by atoms with Crippen LogP contribution in [0.3, 0.4) is 0 Å². The van der Waals surface area contributed by atoms with Gasteiger partial charge in [0.15, 0.2) is 0 Å². The molecule has 0 radical (unpaired) electrons. The number of carbonyl (C=O) groups is 1. The Labute approximate surface area is 86.6 Å². The number of carbonyl (C=O) groups excluding carboxylic acids is 1. The Balaban J connectivity index is 3.02. The number of halogens is 2. The summed E-state index contributed by atoms with van der Waals surface area (Å²) < 4.78 is 17.6. The van der Waals surface area contributed by atoms with Gasteiger partial charge in [0, 0.05) is 0 Å². The molecule has 0 saturated carbocycles. The lowest BCUT2D eigenvalue weighted by atomic mass is 10.1. The van der Waals surface area contributed by atoms with Gasteiger partial charge in [-0.25, -0.2) is 4.39 Å². The number of esters is 1. The minimum atomic E-state index is -0.509. The van der Waals surface area contributed by atoms with E-state index in [-0.39, 0.29) is 11.4 Å². The summed E-state index contributed by atoms with van der Waals surface area (Å²) >= 11 is 5.68. The first-order valence-electron chi connectivity index (χ1n) is 4.06. The zero-order valence-electron chi connectivity index (χ0n) is 7.93. The standard InChI is InChI=1S/C10H10ClFO2/c1-6-3-7(5-9(13)14-2)10(11)8(12)4-6/h3-4H,5H2,1-2H3. The molecule has 0 amide bonds. The van der Waals surface area contributed by atoms with Gasteiger partial charge in [-0.2, -0.15) is 0 Å². The van der Waals surface area contributed by atoms with Crippen LogP contribution in [-0.2, 0) is 16.0 Å². The van der Waals surface area contributed by atoms with E-state index < -0.39 is 11.8 Å². The van der Waals surface area contributed by atoms with Crippen LogP contribution < -0.4 is 0 Å². The summed E-state index contributed by atoms with van der Waals surface area (Å²) in [4.78, 5) is 11.0. The lowest BCUT2D eigenvalue weighted by Crippen LogP contribution is -2.05. The first kappa shape index (κ1) is 11.0. The largest absolute Gasteiger partial charge is 0.469 e. The highest BCUT2D eigenvalue weighted by Gasteiger charge is 2.11. The van der Waals surface area contributed by atoms with Crippen molar-refractivity contribution >= 4 is 17.6 Å². The summed E-state index contributed by atoms with van der Waals surface area (Å²) in [5.74, 6) is -0.942. The molecule has 0 saturated heterocycles. The van der Waals surface area contributed by atoms with E-state index in [1.54, 1.807) is 13.0 Å². The Morgan fingerprint density at radius 1 is 1.57 bits per heavy atom. The highest BCUT2D eigenvalue weighted by Crippen LogP contribution is 2.22. The molecule has 1 aromatic rings. The van der Waals surface area contributed by atoms with Gasteiger partial charge in [0.1, 0.15) is 5.82 Å². The lowest BCUT2D eigenvalue weighted by molar-refractivity contribution is -0.139. The summed E-state index contributed by atoms with van der Waals surface area (Å²) in [5, 5.41) is -0.0130. The third-order valence-corrected chi connectivity index (χ3v) is 2.23. The molecule has 4 heteroatoms. The van der Waals surface area contributed by atoms with Crippen LogP contribution in [0.1, 0.15) is 11.1 Å². The molecule has 0 aromatic heterocycles. The van der Waals surface area contributed by atoms with Crippen molar-refractivity contribution in [1.29, 1.82) is 0 Å². The van der Waals surface area contributed by atoms with Gasteiger partial charge >= 0.3 is 5.97 Å². The third kappa shape index (κ3) is 2.45. The summed E-state index contributed by atoms with van der Waals surface area (Å²) in [6.07, 6.45) is -0.00602. The predicted molar refractivity (Wildman–Crippen MR) is 51.9 cm³/mol. The summed E-state index contributed by atoms with van der Waals surface area (Å²) in [6, 6.07) is 2.99. The molecule has 0 spiro atoms. The van der Waals surface area contributed by atoms with Gasteiger partial charge in [-0.3, -0.25) is 4.79 Å². The maximum atomic E-state index is 13.1. The second-order valence-electron chi connectivity index (χ2n) is 2.97. The topological polar surface area (TPSA) is 26.3 Å². The molecular weight excluding hydrogens is 207 g/mol. The average Bonchev–Trinajstić information content (AvgIpc) is 2.13. The van der Waals surface area contributed by atoms with E-state index in [1.807, 2.05) is 0 Å². The van der Waals surface area contributed by atoms with E-state index >= 15 is 0 Å². The lowest BCUT2D eigenvalue weighted by Gasteiger charge is -2.05. The summed E-state index contributed by atoms with van der Waals surface area (Å²) in [6.45, 7) is 1.74. The van der Waals surface area contributed by atoms with Gasteiger partial charge in [-0.05, 0) is 24.1 Å². The van der Waals surface area contributed by atoms with E-state index in [4.69, 9.17) is 11.6 Å². The summed E-state index contributed by atoms with van der Waals surface area (Å²) in [5.41, 5.74) is 1.18. The fourth-order valence-corrected chi connectivity index (χ4v) is 1.33. The quantitative estimate of drug-likeness (QED) is 0.710. The first-order valence-corrected chi connectivity index (χ1v) is 4.43. The van der Waals surface area contributed by atoms with Crippen molar-refractivity contribution < 1.29 is 13.9 Å². The van der Waals surface area contributed by atoms with Crippen LogP contribution in [0.15, 0.2) is 12.1 Å². The molecule has 0 heterocycles. The van der Waals surface area contributed by atoms with Gasteiger partial charge in [0.05, 0.1) is 18.6 Å². The Bertz CT molecular complexity index is 363. The monoisotopic (exact) mass is 216 g/mol. The number of aryl methyl sites for hydroxylation is 1. The van der Waals surface area contributed by atoms with Gasteiger partial charge in [0.2, 0.25) is 0 Å². The van der Waals surface area contributed by atoms with Crippen LogP contribution in [0.5, 0.6) is 0 Å². The van der Waals surface area contributed by atoms with E-state index in [2.05, 4.69) is 4.74 Å². The van der Waals surface area contributed by atoms with Gasteiger partial charge < -0.3 is 4.74 Å². The smallest absolute Gasteiger partial charge is 0.310 e. The van der Waals surface area contributed by atoms with Crippen molar-refractivity contribution in [3.05, 3.63) is 34.1 Å². The molecule has 0 fully saturated rings. The molecule has 76 valence electrons. The van der Waals surface area contributed by atoms with Crippen molar-refractivity contribution in [3.8, 4) is 0 Å². The van der Waals surface area contributed by atoms with Crippen LogP contribution in [0.2, 0.25) is 5.02 Å². The molecule has 0 unspecified atom stereocenters. The fourth-order valence-electron chi connectivity index (χ4n) is 1.15. The molecule has 0 atom stereocenters. The maximum Gasteiger partial charge on any atom is 0.310 e. The number of methoxy groups -OCH3 is 1. The first-order chi connectivity index (χ1) is 6.54. The minimum Gasteiger partial charge on any atom is -0.469 e. The SMILES string of the molecule is COC(=O)Cc1cc(C)cc(F)c1Cl. The molecule has 0 aliphatic rings. The number of ether oxygens (including phenoxy) is 1. The fraction of sp³-hybridized carbons (Fsp3) is 0.300. The highest BCUT2D eigenvalue weighted by atomic mass is 35.5. The number of rotatable bonds is 2. The molecule has 1 rings (SSSR count). The van der Waals surface area contributed by atoms with Crippen molar-refractivity contribution in [3.63, 3.8) is 0 Å². The minimum absolute atomic E-state index is 0.00602. The predicted octanol–water partition coefficient (Wildman–Crippen LogP) is 2.50. The van der Waals surface area contributed by atoms with Crippen LogP contribution in [-0.4, -0.2) is 13.1 Å². The van der Waals surface area contributed by atoms with E-state index in [1.165, 1.54) is 13.2 Å². The normalized spacial score (nSPS) is 10.0. The van der Waals surface area contributed by atoms with E-state index in [9.17, 15) is 9.18 Å². The van der Waals surface area contributed by atoms with Gasteiger partial charge in [-0.1, -0.05) is 17.7 Å². The molecule has 0 N–H and O–H groups in total. The summed E-state index contributed by atoms with van der Waals surface area (Å²) in [7, 11) is 1.28. The molecule has 2 nitrogen and oxygen atoms in total. The Morgan fingerprint density at radius 2 is 2.21 bits per heavy atom. The van der Waals surface area contributed by atoms with Gasteiger partial charge in [0.25, 0.3) is 0 Å². The number of benzene rings is 1. The second kappa shape index (κ2) is 4.42. The zero-order chi connectivity index (χ0) is 10.7. The van der Waals surface area contributed by atoms with Crippen molar-refractivity contribution in [1.82, 2.24) is 0 Å². The third-order valence-electron chi connectivity index (χ3n) is 1.81. The highest BCUT2D eigenvalue weighted by molar-refractivity contribution is 6.31. The molecule has 0 bridgehead atoms. The maximum absolute atomic E-state index is 13.1. The zero-order valence-corrected chi connectivity index (χ0v) is 8.69. The van der Waals surface area contributed by atoms with Crippen molar-refractivity contribution in [2.45, 2.75) is 13.3 Å². The number of hydrogen-bond acceptors (Lipinski definition) is 2. The van der Waals surface area contributed by atoms with Crippen LogP contribution in [0.4, 0.5) is 4.39 Å². The van der Waals surface area contributed by atoms with Crippen LogP contribution in [0, 0.1) is 12.7 Å². The average molecular weight is 217 g/mol. The number of hydrogen-bond donors (Lipinski definition) is 0. The van der Waals surface area contributed by atoms with Crippen LogP contribution in [0.25, 0.3) is 0 Å². The molecule has 14 heavy (non-hydrogen) atoms.